The minimum atomic E-state index is -0.104. The highest BCUT2D eigenvalue weighted by Gasteiger charge is 2.42. The van der Waals surface area contributed by atoms with Crippen molar-refractivity contribution in [2.45, 2.75) is 6.42 Å². The number of halogens is 2. The molecule has 1 fully saturated rings. The van der Waals surface area contributed by atoms with Crippen molar-refractivity contribution in [3.05, 3.63) is 9.47 Å². The van der Waals surface area contributed by atoms with Gasteiger partial charge in [0.25, 0.3) is 0 Å². The van der Waals surface area contributed by atoms with Gasteiger partial charge in [-0.15, -0.1) is 0 Å². The fourth-order valence-corrected chi connectivity index (χ4v) is 1.66. The van der Waals surface area contributed by atoms with Crippen molar-refractivity contribution >= 4 is 37.8 Å². The summed E-state index contributed by atoms with van der Waals surface area (Å²) in [6, 6.07) is 0. The average molecular weight is 284 g/mol. The summed E-state index contributed by atoms with van der Waals surface area (Å²) in [6.07, 6.45) is 2.88. The smallest absolute Gasteiger partial charge is 0.309 e. The second-order valence-electron chi connectivity index (χ2n) is 2.49. The first-order valence-corrected chi connectivity index (χ1v) is 4.84. The van der Waals surface area contributed by atoms with Gasteiger partial charge in [0.15, 0.2) is 0 Å². The van der Waals surface area contributed by atoms with Crippen LogP contribution in [0.2, 0.25) is 0 Å². The molecule has 11 heavy (non-hydrogen) atoms. The third kappa shape index (κ3) is 2.60. The first-order chi connectivity index (χ1) is 5.15. The molecular formula is C7H8Br2O2. The van der Waals surface area contributed by atoms with Crippen molar-refractivity contribution in [2.24, 2.45) is 11.8 Å². The SMILES string of the molecule is COC(=O)C1CC1C=C(Br)Br. The molecule has 2 nitrogen and oxygen atoms in total. The lowest BCUT2D eigenvalue weighted by Crippen LogP contribution is -2.03. The third-order valence-electron chi connectivity index (χ3n) is 1.68. The van der Waals surface area contributed by atoms with E-state index in [2.05, 4.69) is 36.6 Å². The molecule has 0 aliphatic heterocycles. The Bertz CT molecular complexity index is 197. The van der Waals surface area contributed by atoms with Crippen LogP contribution in [0.15, 0.2) is 9.47 Å². The number of allylic oxidation sites excluding steroid dienone is 1. The van der Waals surface area contributed by atoms with Crippen LogP contribution in [0.5, 0.6) is 0 Å². The molecule has 4 heteroatoms. The van der Waals surface area contributed by atoms with E-state index < -0.39 is 0 Å². The zero-order valence-corrected chi connectivity index (χ0v) is 9.18. The zero-order chi connectivity index (χ0) is 8.43. The molecule has 0 amide bonds. The molecule has 1 saturated carbocycles. The van der Waals surface area contributed by atoms with Crippen molar-refractivity contribution in [2.75, 3.05) is 7.11 Å². The van der Waals surface area contributed by atoms with E-state index in [1.54, 1.807) is 0 Å². The monoisotopic (exact) mass is 282 g/mol. The maximum absolute atomic E-state index is 10.9. The number of methoxy groups -OCH3 is 1. The Balaban J connectivity index is 2.38. The van der Waals surface area contributed by atoms with Gasteiger partial charge in [0.2, 0.25) is 0 Å². The molecule has 0 spiro atoms. The Labute approximate surface area is 82.2 Å². The predicted molar refractivity (Wildman–Crippen MR) is 49.6 cm³/mol. The average Bonchev–Trinajstić information content (AvgIpc) is 2.65. The number of esters is 1. The lowest BCUT2D eigenvalue weighted by molar-refractivity contribution is -0.142. The van der Waals surface area contributed by atoms with Crippen molar-refractivity contribution in [1.82, 2.24) is 0 Å². The standard InChI is InChI=1S/C7H8Br2O2/c1-11-7(10)5-2-4(5)3-6(8)9/h3-5H,2H2,1H3. The molecule has 0 aromatic rings. The van der Waals surface area contributed by atoms with Crippen LogP contribution in [0.3, 0.4) is 0 Å². The number of carbonyl (C=O) groups is 1. The van der Waals surface area contributed by atoms with Crippen LogP contribution in [0.1, 0.15) is 6.42 Å². The summed E-state index contributed by atoms with van der Waals surface area (Å²) in [5.74, 6) is 0.341. The van der Waals surface area contributed by atoms with Crippen LogP contribution in [0.25, 0.3) is 0 Å². The topological polar surface area (TPSA) is 26.3 Å². The van der Waals surface area contributed by atoms with Crippen LogP contribution < -0.4 is 0 Å². The summed E-state index contributed by atoms with van der Waals surface area (Å²) in [6.45, 7) is 0. The highest BCUT2D eigenvalue weighted by molar-refractivity contribution is 9.28. The molecule has 0 N–H and O–H groups in total. The molecule has 0 aromatic heterocycles. The van der Waals surface area contributed by atoms with E-state index in [4.69, 9.17) is 0 Å². The van der Waals surface area contributed by atoms with E-state index in [0.29, 0.717) is 5.92 Å². The minimum Gasteiger partial charge on any atom is -0.469 e. The predicted octanol–water partition coefficient (Wildman–Crippen LogP) is 2.43. The molecule has 1 rings (SSSR count). The summed E-state index contributed by atoms with van der Waals surface area (Å²) >= 11 is 6.48. The van der Waals surface area contributed by atoms with Crippen LogP contribution in [0.4, 0.5) is 0 Å². The molecule has 0 heterocycles. The van der Waals surface area contributed by atoms with Gasteiger partial charge in [0.05, 0.1) is 16.4 Å². The molecule has 1 aliphatic carbocycles. The molecule has 0 saturated heterocycles. The van der Waals surface area contributed by atoms with Crippen molar-refractivity contribution in [3.63, 3.8) is 0 Å². The summed E-state index contributed by atoms with van der Waals surface area (Å²) < 4.78 is 5.49. The summed E-state index contributed by atoms with van der Waals surface area (Å²) in [7, 11) is 1.42. The third-order valence-corrected chi connectivity index (χ3v) is 2.21. The second-order valence-corrected chi connectivity index (χ2v) is 5.26. The van der Waals surface area contributed by atoms with Crippen LogP contribution in [-0.2, 0) is 9.53 Å². The zero-order valence-electron chi connectivity index (χ0n) is 6.01. The summed E-state index contributed by atoms with van der Waals surface area (Å²) in [5.41, 5.74) is 0. The van der Waals surface area contributed by atoms with Crippen molar-refractivity contribution < 1.29 is 9.53 Å². The van der Waals surface area contributed by atoms with E-state index in [-0.39, 0.29) is 11.9 Å². The van der Waals surface area contributed by atoms with E-state index in [1.807, 2.05) is 6.08 Å². The van der Waals surface area contributed by atoms with Gasteiger partial charge in [-0.25, -0.2) is 0 Å². The first kappa shape index (κ1) is 9.26. The number of hydrogen-bond acceptors (Lipinski definition) is 2. The molecule has 0 aromatic carbocycles. The first-order valence-electron chi connectivity index (χ1n) is 3.25. The van der Waals surface area contributed by atoms with Gasteiger partial charge in [-0.3, -0.25) is 4.79 Å². The highest BCUT2D eigenvalue weighted by Crippen LogP contribution is 2.42. The van der Waals surface area contributed by atoms with Gasteiger partial charge in [0.1, 0.15) is 0 Å². The van der Waals surface area contributed by atoms with Gasteiger partial charge >= 0.3 is 5.97 Å². The molecule has 2 unspecified atom stereocenters. The van der Waals surface area contributed by atoms with Gasteiger partial charge in [-0.2, -0.15) is 0 Å². The lowest BCUT2D eigenvalue weighted by Gasteiger charge is -1.93. The molecule has 2 atom stereocenters. The largest absolute Gasteiger partial charge is 0.469 e. The van der Waals surface area contributed by atoms with E-state index >= 15 is 0 Å². The fraction of sp³-hybridized carbons (Fsp3) is 0.571. The maximum atomic E-state index is 10.9. The Morgan fingerprint density at radius 1 is 1.64 bits per heavy atom. The normalized spacial score (nSPS) is 27.5. The Kier molecular flexibility index (Phi) is 3.13. The molecule has 62 valence electrons. The van der Waals surface area contributed by atoms with Crippen LogP contribution in [-0.4, -0.2) is 13.1 Å². The van der Waals surface area contributed by atoms with E-state index in [0.717, 1.165) is 9.81 Å². The molecule has 0 bridgehead atoms. The van der Waals surface area contributed by atoms with Crippen molar-refractivity contribution in [1.29, 1.82) is 0 Å². The van der Waals surface area contributed by atoms with Gasteiger partial charge in [-0.1, -0.05) is 6.08 Å². The number of rotatable bonds is 2. The maximum Gasteiger partial charge on any atom is 0.309 e. The minimum absolute atomic E-state index is 0.0881. The molecule has 1 aliphatic rings. The number of hydrogen-bond donors (Lipinski definition) is 0. The molecular weight excluding hydrogens is 276 g/mol. The Morgan fingerprint density at radius 3 is 2.73 bits per heavy atom. The van der Waals surface area contributed by atoms with Gasteiger partial charge in [0, 0.05) is 0 Å². The van der Waals surface area contributed by atoms with Gasteiger partial charge in [-0.05, 0) is 44.2 Å². The Morgan fingerprint density at radius 2 is 2.27 bits per heavy atom. The number of carbonyl (C=O) groups excluding carboxylic acids is 1. The second kappa shape index (κ2) is 3.72. The summed E-state index contributed by atoms with van der Waals surface area (Å²) in [5, 5.41) is 0. The fourth-order valence-electron chi connectivity index (χ4n) is 0.983. The Hall–Kier alpha value is 0.170. The van der Waals surface area contributed by atoms with Crippen molar-refractivity contribution in [3.8, 4) is 0 Å². The lowest BCUT2D eigenvalue weighted by atomic mass is 10.3. The van der Waals surface area contributed by atoms with Crippen LogP contribution >= 0.6 is 31.9 Å². The van der Waals surface area contributed by atoms with Crippen LogP contribution in [0, 0.1) is 11.8 Å². The van der Waals surface area contributed by atoms with E-state index in [1.165, 1.54) is 7.11 Å². The van der Waals surface area contributed by atoms with E-state index in [9.17, 15) is 4.79 Å². The number of ether oxygens (including phenoxy) is 1. The quantitative estimate of drug-likeness (QED) is 0.728. The highest BCUT2D eigenvalue weighted by atomic mass is 79.9. The summed E-state index contributed by atoms with van der Waals surface area (Å²) in [4.78, 5) is 10.9. The van der Waals surface area contributed by atoms with Gasteiger partial charge < -0.3 is 4.74 Å². The molecule has 0 radical (unpaired) electrons.